The van der Waals surface area contributed by atoms with Gasteiger partial charge in [-0.25, -0.2) is 0 Å². The van der Waals surface area contributed by atoms with Crippen LogP contribution in [0.2, 0.25) is 13.1 Å². The first-order valence-electron chi connectivity index (χ1n) is 16.3. The van der Waals surface area contributed by atoms with E-state index in [9.17, 15) is 0 Å². The van der Waals surface area contributed by atoms with Crippen molar-refractivity contribution in [1.82, 2.24) is 0 Å². The zero-order valence-corrected chi connectivity index (χ0v) is 30.9. The fraction of sp³-hybridized carbons (Fsp3) is 0.317. The van der Waals surface area contributed by atoms with Crippen molar-refractivity contribution in [1.29, 1.82) is 0 Å². The summed E-state index contributed by atoms with van der Waals surface area (Å²) in [6.07, 6.45) is 6.40. The SMILES string of the molecule is CCC1=Cc2c(-c3ccc(C(C)(C)C)cc3)cccc2[CH]1[Zr]([CH]1C(C(C)C)=Cc2c(-c3ccccc3)cccc21)[SiH](C)C. The van der Waals surface area contributed by atoms with Gasteiger partial charge >= 0.3 is 271 Å². The molecule has 0 N–H and O–H groups in total. The van der Waals surface area contributed by atoms with Crippen LogP contribution >= 0.6 is 0 Å². The fourth-order valence-corrected chi connectivity index (χ4v) is 30.8. The van der Waals surface area contributed by atoms with Gasteiger partial charge in [0.15, 0.2) is 0 Å². The van der Waals surface area contributed by atoms with Crippen LogP contribution in [0.15, 0.2) is 102 Å². The Balaban J connectivity index is 1.48. The summed E-state index contributed by atoms with van der Waals surface area (Å²) in [6, 6.07) is 34.8. The molecule has 0 spiro atoms. The number of rotatable bonds is 7. The summed E-state index contributed by atoms with van der Waals surface area (Å²) in [6.45, 7) is 19.6. The van der Waals surface area contributed by atoms with E-state index >= 15 is 0 Å². The van der Waals surface area contributed by atoms with E-state index in [1.807, 2.05) is 0 Å². The molecule has 0 amide bonds. The van der Waals surface area contributed by atoms with E-state index in [-0.39, 0.29) is 5.41 Å². The average molecular weight is 659 g/mol. The minimum atomic E-state index is -2.14. The molecular weight excluding hydrogens is 612 g/mol. The Morgan fingerprint density at radius 2 is 1.23 bits per heavy atom. The summed E-state index contributed by atoms with van der Waals surface area (Å²) in [5, 5.41) is 0. The Kier molecular flexibility index (Phi) is 8.58. The van der Waals surface area contributed by atoms with Crippen LogP contribution in [-0.2, 0) is 26.3 Å². The van der Waals surface area contributed by atoms with Gasteiger partial charge in [0.2, 0.25) is 0 Å². The molecule has 0 fully saturated rings. The molecule has 0 radical (unpaired) electrons. The summed E-state index contributed by atoms with van der Waals surface area (Å²) >= 11 is -2.14. The fourth-order valence-electron chi connectivity index (χ4n) is 7.57. The first kappa shape index (κ1) is 30.5. The second-order valence-corrected chi connectivity index (χ2v) is 34.3. The molecule has 0 aliphatic heterocycles. The van der Waals surface area contributed by atoms with Gasteiger partial charge in [-0.05, 0) is 0 Å². The molecule has 2 aliphatic carbocycles. The molecule has 2 unspecified atom stereocenters. The zero-order chi connectivity index (χ0) is 30.5. The molecule has 0 heterocycles. The Morgan fingerprint density at radius 3 is 1.77 bits per heavy atom. The molecule has 4 aromatic carbocycles. The molecule has 6 rings (SSSR count). The number of hydrogen-bond donors (Lipinski definition) is 0. The predicted octanol–water partition coefficient (Wildman–Crippen LogP) is 11.6. The minimum absolute atomic E-state index is 0.167. The van der Waals surface area contributed by atoms with Crippen LogP contribution in [0.3, 0.4) is 0 Å². The molecule has 2 heteroatoms. The summed E-state index contributed by atoms with van der Waals surface area (Å²) in [5.74, 6) is -0.370. The summed E-state index contributed by atoms with van der Waals surface area (Å²) in [4.78, 5) is 0. The normalized spacial score (nSPS) is 17.6. The van der Waals surface area contributed by atoms with Crippen LogP contribution in [-0.4, -0.2) is 5.92 Å². The molecule has 2 aliphatic rings. The van der Waals surface area contributed by atoms with Crippen molar-refractivity contribution >= 4 is 18.1 Å². The Morgan fingerprint density at radius 1 is 0.674 bits per heavy atom. The van der Waals surface area contributed by atoms with E-state index in [0.29, 0.717) is 13.2 Å². The molecule has 0 nitrogen and oxygen atoms in total. The van der Waals surface area contributed by atoms with Crippen LogP contribution < -0.4 is 0 Å². The zero-order valence-electron chi connectivity index (χ0n) is 27.3. The number of benzene rings is 4. The topological polar surface area (TPSA) is 0 Å². The summed E-state index contributed by atoms with van der Waals surface area (Å²) < 4.78 is 1.33. The van der Waals surface area contributed by atoms with Gasteiger partial charge in [0.1, 0.15) is 0 Å². The van der Waals surface area contributed by atoms with Crippen molar-refractivity contribution in [2.45, 2.75) is 73.7 Å². The van der Waals surface area contributed by atoms with Gasteiger partial charge in [0.25, 0.3) is 0 Å². The van der Waals surface area contributed by atoms with Crippen molar-refractivity contribution in [2.75, 3.05) is 0 Å². The summed E-state index contributed by atoms with van der Waals surface area (Å²) in [7, 11) is 0. The Bertz CT molecular complexity index is 1680. The van der Waals surface area contributed by atoms with E-state index in [2.05, 4.69) is 158 Å². The first-order chi connectivity index (χ1) is 20.6. The molecular formula is C41H47SiZr. The quantitative estimate of drug-likeness (QED) is 0.173. The van der Waals surface area contributed by atoms with Gasteiger partial charge in [-0.15, -0.1) is 0 Å². The van der Waals surface area contributed by atoms with E-state index in [4.69, 9.17) is 0 Å². The molecule has 0 saturated heterocycles. The monoisotopic (exact) mass is 657 g/mol. The van der Waals surface area contributed by atoms with Crippen molar-refractivity contribution in [2.24, 2.45) is 5.92 Å². The van der Waals surface area contributed by atoms with Crippen LogP contribution in [0.4, 0.5) is 0 Å². The van der Waals surface area contributed by atoms with E-state index in [1.165, 1.54) is 38.9 Å². The van der Waals surface area contributed by atoms with Crippen LogP contribution in [0, 0.1) is 5.92 Å². The molecule has 4 aromatic rings. The third-order valence-electron chi connectivity index (χ3n) is 9.80. The second kappa shape index (κ2) is 12.1. The van der Waals surface area contributed by atoms with E-state index < -0.39 is 26.8 Å². The van der Waals surface area contributed by atoms with Crippen molar-refractivity contribution < 1.29 is 20.9 Å². The predicted molar refractivity (Wildman–Crippen MR) is 188 cm³/mol. The van der Waals surface area contributed by atoms with E-state index in [1.54, 1.807) is 22.3 Å². The van der Waals surface area contributed by atoms with Crippen molar-refractivity contribution in [3.05, 3.63) is 130 Å². The maximum atomic E-state index is 2.69. The Labute approximate surface area is 269 Å². The van der Waals surface area contributed by atoms with Crippen molar-refractivity contribution in [3.63, 3.8) is 0 Å². The van der Waals surface area contributed by atoms with Crippen LogP contribution in [0.5, 0.6) is 0 Å². The van der Waals surface area contributed by atoms with Gasteiger partial charge in [0, 0.05) is 0 Å². The van der Waals surface area contributed by atoms with Gasteiger partial charge in [-0.1, -0.05) is 0 Å². The number of fused-ring (bicyclic) bond motifs is 2. The standard InChI is InChI=1S/C21H23.C18H17.C2H7Si.Zr/c1-5-15-13-17-7-6-8-19(20(17)14-15)16-9-11-18(12-10-16)21(2,3)4;1-13(2)16-11-15-9-6-10-17(18(15)12-16)14-7-4-3-5-8-14;1-3-2;/h6-14H,5H2,1-4H3;3-13H,1-2H3;3H,1-2H3;. The maximum absolute atomic E-state index is 2.69. The van der Waals surface area contributed by atoms with Crippen LogP contribution in [0.25, 0.3) is 34.4 Å². The molecule has 43 heavy (non-hydrogen) atoms. The van der Waals surface area contributed by atoms with Gasteiger partial charge in [-0.2, -0.15) is 0 Å². The summed E-state index contributed by atoms with van der Waals surface area (Å²) in [5.41, 5.74) is 16.8. The third-order valence-corrected chi connectivity index (χ3v) is 31.4. The number of hydrogen-bond acceptors (Lipinski definition) is 0. The van der Waals surface area contributed by atoms with Gasteiger partial charge < -0.3 is 0 Å². The molecule has 0 aromatic heterocycles. The molecule has 0 bridgehead atoms. The van der Waals surface area contributed by atoms with Crippen LogP contribution in [0.1, 0.15) is 83.0 Å². The van der Waals surface area contributed by atoms with Gasteiger partial charge in [-0.3, -0.25) is 0 Å². The average Bonchev–Trinajstić information content (AvgIpc) is 3.56. The Hall–Kier alpha value is -2.54. The first-order valence-corrected chi connectivity index (χ1v) is 26.3. The van der Waals surface area contributed by atoms with Gasteiger partial charge in [0.05, 0.1) is 0 Å². The number of allylic oxidation sites excluding steroid dienone is 2. The van der Waals surface area contributed by atoms with Crippen molar-refractivity contribution in [3.8, 4) is 22.3 Å². The van der Waals surface area contributed by atoms with E-state index in [0.717, 1.165) is 6.42 Å². The third kappa shape index (κ3) is 5.60. The molecule has 0 saturated carbocycles. The molecule has 219 valence electrons. The molecule has 2 atom stereocenters. The second-order valence-electron chi connectivity index (χ2n) is 14.2.